The molecular weight excluding hydrogens is 316 g/mol. The molecule has 1 aromatic carbocycles. The Labute approximate surface area is 136 Å². The molecule has 1 saturated heterocycles. The summed E-state index contributed by atoms with van der Waals surface area (Å²) in [5.41, 5.74) is 10.0. The Morgan fingerprint density at radius 1 is 1.48 bits per heavy atom. The molecule has 8 heteroatoms. The molecule has 0 aliphatic carbocycles. The first kappa shape index (κ1) is 15.6. The van der Waals surface area contributed by atoms with Gasteiger partial charge in [0.2, 0.25) is 5.78 Å². The zero-order valence-electron chi connectivity index (χ0n) is 12.4. The number of thioether (sulfide) groups is 1. The Kier molecular flexibility index (Phi) is 4.38. The summed E-state index contributed by atoms with van der Waals surface area (Å²) in [4.78, 5) is 29.4. The van der Waals surface area contributed by atoms with Crippen molar-refractivity contribution in [1.29, 1.82) is 0 Å². The molecule has 0 aromatic heterocycles. The topological polar surface area (TPSA) is 95.4 Å². The van der Waals surface area contributed by atoms with E-state index in [4.69, 9.17) is 10.3 Å². The van der Waals surface area contributed by atoms with Gasteiger partial charge in [0.25, 0.3) is 5.91 Å². The van der Waals surface area contributed by atoms with E-state index in [0.717, 1.165) is 0 Å². The number of rotatable bonds is 5. The molecule has 23 heavy (non-hydrogen) atoms. The number of ether oxygens (including phenoxy) is 1. The quantitative estimate of drug-likeness (QED) is 0.272. The van der Waals surface area contributed by atoms with E-state index < -0.39 is 6.10 Å². The fourth-order valence-corrected chi connectivity index (χ4v) is 4.07. The molecular formula is C15H14N4O3S. The van der Waals surface area contributed by atoms with Crippen molar-refractivity contribution >= 4 is 23.5 Å². The van der Waals surface area contributed by atoms with Gasteiger partial charge in [0.05, 0.1) is 12.2 Å². The van der Waals surface area contributed by atoms with E-state index in [1.165, 1.54) is 23.8 Å². The Hall–Kier alpha value is -2.28. The first-order valence-electron chi connectivity index (χ1n) is 6.99. The van der Waals surface area contributed by atoms with Crippen molar-refractivity contribution in [2.75, 3.05) is 19.4 Å². The summed E-state index contributed by atoms with van der Waals surface area (Å²) in [7, 11) is 1.48. The van der Waals surface area contributed by atoms with Crippen LogP contribution in [0.1, 0.15) is 10.4 Å². The molecule has 1 aromatic rings. The van der Waals surface area contributed by atoms with Crippen molar-refractivity contribution < 1.29 is 14.3 Å². The SMILES string of the molecule is CO[C@H]1C(=O)N2C(C(=O)c3ccccc3)=C(CN=[N+]=[N-])CS[C@H]12. The van der Waals surface area contributed by atoms with Gasteiger partial charge < -0.3 is 4.74 Å². The number of allylic oxidation sites excluding steroid dienone is 1. The van der Waals surface area contributed by atoms with Crippen molar-refractivity contribution in [3.05, 3.63) is 57.6 Å². The van der Waals surface area contributed by atoms with Crippen LogP contribution >= 0.6 is 11.8 Å². The number of Topliss-reactive ketones (excluding diaryl/α,β-unsaturated/α-hetero) is 1. The number of hydrogen-bond acceptors (Lipinski definition) is 5. The first-order valence-corrected chi connectivity index (χ1v) is 8.04. The molecule has 0 bridgehead atoms. The monoisotopic (exact) mass is 330 g/mol. The third-order valence-electron chi connectivity index (χ3n) is 3.83. The smallest absolute Gasteiger partial charge is 0.260 e. The van der Waals surface area contributed by atoms with Gasteiger partial charge in [0.1, 0.15) is 5.37 Å². The van der Waals surface area contributed by atoms with Crippen LogP contribution in [-0.4, -0.2) is 47.5 Å². The largest absolute Gasteiger partial charge is 0.368 e. The fraction of sp³-hybridized carbons (Fsp3) is 0.333. The lowest BCUT2D eigenvalue weighted by atomic mass is 9.98. The zero-order chi connectivity index (χ0) is 16.4. The van der Waals surface area contributed by atoms with Crippen LogP contribution in [0.2, 0.25) is 0 Å². The average molecular weight is 330 g/mol. The van der Waals surface area contributed by atoms with Gasteiger partial charge in [0, 0.05) is 23.3 Å². The molecule has 0 saturated carbocycles. The van der Waals surface area contributed by atoms with Gasteiger partial charge in [-0.15, -0.1) is 11.8 Å². The number of hydrogen-bond donors (Lipinski definition) is 0. The van der Waals surface area contributed by atoms with E-state index in [-0.39, 0.29) is 23.6 Å². The number of fused-ring (bicyclic) bond motifs is 1. The average Bonchev–Trinajstić information content (AvgIpc) is 2.59. The minimum Gasteiger partial charge on any atom is -0.368 e. The highest BCUT2D eigenvalue weighted by Crippen LogP contribution is 2.42. The number of azide groups is 1. The normalized spacial score (nSPS) is 23.0. The number of ketones is 1. The predicted molar refractivity (Wildman–Crippen MR) is 85.7 cm³/mol. The van der Waals surface area contributed by atoms with E-state index in [0.29, 0.717) is 22.6 Å². The van der Waals surface area contributed by atoms with Gasteiger partial charge in [0.15, 0.2) is 6.10 Å². The highest BCUT2D eigenvalue weighted by atomic mass is 32.2. The van der Waals surface area contributed by atoms with Gasteiger partial charge in [-0.25, -0.2) is 0 Å². The number of carbonyl (C=O) groups is 2. The van der Waals surface area contributed by atoms with Gasteiger partial charge in [-0.2, -0.15) is 0 Å². The second-order valence-electron chi connectivity index (χ2n) is 5.10. The molecule has 2 heterocycles. The summed E-state index contributed by atoms with van der Waals surface area (Å²) in [6.45, 7) is 0.0750. The van der Waals surface area contributed by atoms with E-state index in [1.54, 1.807) is 24.3 Å². The zero-order valence-corrected chi connectivity index (χ0v) is 13.2. The highest BCUT2D eigenvalue weighted by Gasteiger charge is 2.53. The molecule has 2 atom stereocenters. The molecule has 2 aliphatic rings. The number of methoxy groups -OCH3 is 1. The van der Waals surface area contributed by atoms with Crippen LogP contribution < -0.4 is 0 Å². The van der Waals surface area contributed by atoms with Crippen LogP contribution in [0.15, 0.2) is 46.7 Å². The molecule has 118 valence electrons. The van der Waals surface area contributed by atoms with Crippen LogP contribution in [0.5, 0.6) is 0 Å². The molecule has 1 fully saturated rings. The van der Waals surface area contributed by atoms with Gasteiger partial charge in [-0.1, -0.05) is 35.4 Å². The summed E-state index contributed by atoms with van der Waals surface area (Å²) in [5.74, 6) is 0.0608. The maximum atomic E-state index is 12.9. The lowest BCUT2D eigenvalue weighted by molar-refractivity contribution is -0.158. The van der Waals surface area contributed by atoms with Gasteiger partial charge in [-0.3, -0.25) is 14.5 Å². The minimum absolute atomic E-state index is 0.0750. The molecule has 1 amide bonds. The van der Waals surface area contributed by atoms with Crippen LogP contribution in [0.25, 0.3) is 10.4 Å². The predicted octanol–water partition coefficient (Wildman–Crippen LogP) is 2.36. The Bertz CT molecular complexity index is 727. The van der Waals surface area contributed by atoms with Gasteiger partial charge in [-0.05, 0) is 11.1 Å². The number of nitrogens with zero attached hydrogens (tertiary/aromatic N) is 4. The van der Waals surface area contributed by atoms with E-state index in [2.05, 4.69) is 10.0 Å². The maximum absolute atomic E-state index is 12.9. The van der Waals surface area contributed by atoms with Crippen LogP contribution in [0, 0.1) is 0 Å². The molecule has 0 unspecified atom stereocenters. The van der Waals surface area contributed by atoms with E-state index >= 15 is 0 Å². The van der Waals surface area contributed by atoms with Crippen LogP contribution in [0.3, 0.4) is 0 Å². The standard InChI is InChI=1S/C15H14N4O3S/c1-22-13-14(21)19-11(12(20)9-5-3-2-4-6-9)10(7-17-18-16)8-23-15(13)19/h2-6,13,15H,7-8H2,1H3/t13-,15+/m0/s1. The minimum atomic E-state index is -0.528. The fourth-order valence-electron chi connectivity index (χ4n) is 2.71. The number of carbonyl (C=O) groups excluding carboxylic acids is 2. The van der Waals surface area contributed by atoms with Crippen molar-refractivity contribution in [3.8, 4) is 0 Å². The van der Waals surface area contributed by atoms with E-state index in [1.807, 2.05) is 6.07 Å². The summed E-state index contributed by atoms with van der Waals surface area (Å²) < 4.78 is 5.19. The van der Waals surface area contributed by atoms with Crippen molar-refractivity contribution in [3.63, 3.8) is 0 Å². The molecule has 3 rings (SSSR count). The van der Waals surface area contributed by atoms with Crippen molar-refractivity contribution in [2.24, 2.45) is 5.11 Å². The molecule has 2 aliphatic heterocycles. The molecule has 7 nitrogen and oxygen atoms in total. The summed E-state index contributed by atoms with van der Waals surface area (Å²) in [6.07, 6.45) is -0.528. The summed E-state index contributed by atoms with van der Waals surface area (Å²) >= 11 is 1.51. The molecule has 0 spiro atoms. The Morgan fingerprint density at radius 3 is 2.87 bits per heavy atom. The summed E-state index contributed by atoms with van der Waals surface area (Å²) in [5, 5.41) is 3.35. The third kappa shape index (κ3) is 2.61. The molecule has 0 N–H and O–H groups in total. The lowest BCUT2D eigenvalue weighted by Crippen LogP contribution is -2.65. The maximum Gasteiger partial charge on any atom is 0.260 e. The number of β-lactam (4-membered cyclic amide) rings is 1. The van der Waals surface area contributed by atoms with Crippen LogP contribution in [-0.2, 0) is 9.53 Å². The molecule has 0 radical (unpaired) electrons. The second kappa shape index (κ2) is 6.45. The lowest BCUT2D eigenvalue weighted by Gasteiger charge is -2.49. The number of amides is 1. The van der Waals surface area contributed by atoms with Crippen molar-refractivity contribution in [2.45, 2.75) is 11.5 Å². The van der Waals surface area contributed by atoms with Gasteiger partial charge >= 0.3 is 0 Å². The third-order valence-corrected chi connectivity index (χ3v) is 5.14. The van der Waals surface area contributed by atoms with Crippen LogP contribution in [0.4, 0.5) is 0 Å². The number of benzene rings is 1. The van der Waals surface area contributed by atoms with E-state index in [9.17, 15) is 9.59 Å². The first-order chi connectivity index (χ1) is 11.2. The Balaban J connectivity index is 2.02. The summed E-state index contributed by atoms with van der Waals surface area (Å²) in [6, 6.07) is 8.77. The van der Waals surface area contributed by atoms with Crippen molar-refractivity contribution in [1.82, 2.24) is 4.90 Å². The highest BCUT2D eigenvalue weighted by molar-refractivity contribution is 8.00. The second-order valence-corrected chi connectivity index (χ2v) is 6.21. The Morgan fingerprint density at radius 2 is 2.22 bits per heavy atom.